The highest BCUT2D eigenvalue weighted by Gasteiger charge is 2.35. The molecule has 2 aromatic rings. The number of phenolic OH excluding ortho intramolecular Hbond substituents is 1. The summed E-state index contributed by atoms with van der Waals surface area (Å²) in [6.07, 6.45) is -1.18. The lowest BCUT2D eigenvalue weighted by Gasteiger charge is -2.27. The monoisotopic (exact) mass is 301 g/mol. The Morgan fingerprint density at radius 1 is 1.05 bits per heavy atom. The van der Waals surface area contributed by atoms with Crippen LogP contribution < -0.4 is 5.43 Å². The van der Waals surface area contributed by atoms with E-state index in [4.69, 9.17) is 0 Å². The largest absolute Gasteiger partial charge is 0.538 e. The van der Waals surface area contributed by atoms with Crippen molar-refractivity contribution in [3.8, 4) is 5.75 Å². The van der Waals surface area contributed by atoms with Crippen molar-refractivity contribution in [1.29, 1.82) is 0 Å². The molecule has 0 fully saturated rings. The molecule has 3 N–H and O–H groups in total. The third kappa shape index (κ3) is 3.62. The Labute approximate surface area is 127 Å². The van der Waals surface area contributed by atoms with E-state index in [0.717, 1.165) is 0 Å². The molecule has 0 spiro atoms. The van der Waals surface area contributed by atoms with E-state index in [0.29, 0.717) is 11.1 Å². The molecule has 2 aromatic carbocycles. The SMILES string of the molecule is C[N@@+](Cc1ccc(O)cc1)(NC(=O)c1ccccc1)C(=O)O. The van der Waals surface area contributed by atoms with E-state index in [1.165, 1.54) is 19.2 Å². The highest BCUT2D eigenvalue weighted by Crippen LogP contribution is 2.15. The van der Waals surface area contributed by atoms with Gasteiger partial charge in [-0.1, -0.05) is 18.2 Å². The minimum atomic E-state index is -1.18. The number of hydrogen-bond acceptors (Lipinski definition) is 3. The van der Waals surface area contributed by atoms with E-state index >= 15 is 0 Å². The third-order valence-corrected chi connectivity index (χ3v) is 3.24. The number of nitrogens with one attached hydrogen (secondary N) is 1. The quantitative estimate of drug-likeness (QED) is 0.600. The molecule has 2 amide bonds. The van der Waals surface area contributed by atoms with Crippen molar-refractivity contribution in [1.82, 2.24) is 5.43 Å². The van der Waals surface area contributed by atoms with E-state index in [1.807, 2.05) is 0 Å². The lowest BCUT2D eigenvalue weighted by molar-refractivity contribution is -0.885. The van der Waals surface area contributed by atoms with Gasteiger partial charge in [-0.15, -0.1) is 4.59 Å². The van der Waals surface area contributed by atoms with Gasteiger partial charge in [0.1, 0.15) is 19.3 Å². The lowest BCUT2D eigenvalue weighted by Crippen LogP contribution is -2.59. The second-order valence-electron chi connectivity index (χ2n) is 5.11. The van der Waals surface area contributed by atoms with Gasteiger partial charge in [-0.25, -0.2) is 0 Å². The van der Waals surface area contributed by atoms with Crippen LogP contribution in [0.1, 0.15) is 15.9 Å². The summed E-state index contributed by atoms with van der Waals surface area (Å²) in [5.74, 6) is -0.370. The van der Waals surface area contributed by atoms with E-state index in [2.05, 4.69) is 5.43 Å². The fourth-order valence-corrected chi connectivity index (χ4v) is 2.00. The summed E-state index contributed by atoms with van der Waals surface area (Å²) in [6, 6.07) is 14.6. The molecule has 0 aliphatic heterocycles. The van der Waals surface area contributed by atoms with Gasteiger partial charge in [0.25, 0.3) is 5.91 Å². The molecule has 0 bridgehead atoms. The van der Waals surface area contributed by atoms with Crippen LogP contribution in [0.3, 0.4) is 0 Å². The van der Waals surface area contributed by atoms with E-state index in [9.17, 15) is 19.8 Å². The van der Waals surface area contributed by atoms with Gasteiger partial charge < -0.3 is 10.2 Å². The molecule has 0 aliphatic carbocycles. The molecule has 1 atom stereocenters. The fourth-order valence-electron chi connectivity index (χ4n) is 2.00. The number of phenols is 1. The Morgan fingerprint density at radius 3 is 2.18 bits per heavy atom. The highest BCUT2D eigenvalue weighted by molar-refractivity contribution is 5.93. The minimum absolute atomic E-state index is 0.0498. The van der Waals surface area contributed by atoms with Crippen molar-refractivity contribution in [2.45, 2.75) is 6.54 Å². The summed E-state index contributed by atoms with van der Waals surface area (Å²) < 4.78 is -0.696. The van der Waals surface area contributed by atoms with Gasteiger partial charge in [0, 0.05) is 11.1 Å². The number of carbonyl (C=O) groups is 2. The molecule has 0 saturated heterocycles. The van der Waals surface area contributed by atoms with E-state index in [-0.39, 0.29) is 12.3 Å². The van der Waals surface area contributed by atoms with Crippen LogP contribution in [0.4, 0.5) is 4.79 Å². The average molecular weight is 301 g/mol. The van der Waals surface area contributed by atoms with Crippen molar-refractivity contribution in [2.75, 3.05) is 7.05 Å². The molecule has 2 rings (SSSR count). The number of aromatic hydroxyl groups is 1. The van der Waals surface area contributed by atoms with Gasteiger partial charge in [0.15, 0.2) is 0 Å². The normalized spacial score (nSPS) is 13.1. The van der Waals surface area contributed by atoms with Crippen molar-refractivity contribution in [2.24, 2.45) is 0 Å². The van der Waals surface area contributed by atoms with Crippen LogP contribution in [0, 0.1) is 0 Å². The summed E-state index contributed by atoms with van der Waals surface area (Å²) in [5.41, 5.74) is 3.57. The Morgan fingerprint density at radius 2 is 1.64 bits per heavy atom. The van der Waals surface area contributed by atoms with Crippen LogP contribution in [0.2, 0.25) is 0 Å². The molecular weight excluding hydrogens is 284 g/mol. The maximum absolute atomic E-state index is 12.2. The third-order valence-electron chi connectivity index (χ3n) is 3.24. The first-order chi connectivity index (χ1) is 10.4. The van der Waals surface area contributed by atoms with Gasteiger partial charge >= 0.3 is 6.09 Å². The molecule has 0 unspecified atom stereocenters. The predicted octanol–water partition coefficient (Wildman–Crippen LogP) is 2.36. The molecular formula is C16H17N2O4+. The standard InChI is InChI=1S/C16H16N2O4/c1-18(16(21)22,11-12-7-9-14(19)10-8-12)17-15(20)13-5-3-2-4-6-13/h2-10H,11H2,1H3,(H2-,17,19,20,21,22)/p+1/t18-/m0/s1. The van der Waals surface area contributed by atoms with Gasteiger partial charge in [-0.2, -0.15) is 10.2 Å². The molecule has 0 saturated carbocycles. The summed E-state index contributed by atoms with van der Waals surface area (Å²) in [4.78, 5) is 23.7. The van der Waals surface area contributed by atoms with Crippen LogP contribution >= 0.6 is 0 Å². The second-order valence-corrected chi connectivity index (χ2v) is 5.11. The number of benzene rings is 2. The Balaban J connectivity index is 2.19. The summed E-state index contributed by atoms with van der Waals surface area (Å²) >= 11 is 0. The molecule has 6 heteroatoms. The minimum Gasteiger partial charge on any atom is -0.508 e. The first-order valence-corrected chi connectivity index (χ1v) is 6.65. The van der Waals surface area contributed by atoms with Gasteiger partial charge in [-0.3, -0.25) is 4.79 Å². The van der Waals surface area contributed by atoms with Gasteiger partial charge in [0.05, 0.1) is 0 Å². The lowest BCUT2D eigenvalue weighted by atomic mass is 10.2. The van der Waals surface area contributed by atoms with Crippen LogP contribution in [0.25, 0.3) is 0 Å². The molecule has 0 heterocycles. The number of quaternary nitrogens is 1. The van der Waals surface area contributed by atoms with Crippen LogP contribution in [0.15, 0.2) is 54.6 Å². The van der Waals surface area contributed by atoms with Gasteiger partial charge in [-0.05, 0) is 36.4 Å². The zero-order valence-electron chi connectivity index (χ0n) is 12.1. The first kappa shape index (κ1) is 15.5. The highest BCUT2D eigenvalue weighted by atomic mass is 16.4. The summed E-state index contributed by atoms with van der Waals surface area (Å²) in [7, 11) is 1.40. The predicted molar refractivity (Wildman–Crippen MR) is 79.9 cm³/mol. The zero-order valence-corrected chi connectivity index (χ0v) is 12.1. The average Bonchev–Trinajstić information content (AvgIpc) is 2.50. The number of carboxylic acid groups (broad SMARTS) is 1. The summed E-state index contributed by atoms with van der Waals surface area (Å²) in [6.45, 7) is 0.0498. The molecule has 22 heavy (non-hydrogen) atoms. The van der Waals surface area contributed by atoms with Gasteiger partial charge in [0.2, 0.25) is 0 Å². The second kappa shape index (κ2) is 6.28. The Bertz CT molecular complexity index is 670. The topological polar surface area (TPSA) is 86.6 Å². The molecule has 0 aliphatic rings. The van der Waals surface area contributed by atoms with E-state index in [1.54, 1.807) is 42.5 Å². The Hall–Kier alpha value is -2.86. The van der Waals surface area contributed by atoms with E-state index < -0.39 is 16.6 Å². The molecule has 6 nitrogen and oxygen atoms in total. The molecule has 114 valence electrons. The smallest absolute Gasteiger partial charge is 0.508 e. The number of amides is 2. The number of carbonyl (C=O) groups excluding carboxylic acids is 1. The van der Waals surface area contributed by atoms with Crippen molar-refractivity contribution < 1.29 is 24.4 Å². The number of rotatable bonds is 3. The number of hydrogen-bond donors (Lipinski definition) is 3. The van der Waals surface area contributed by atoms with Crippen LogP contribution in [0.5, 0.6) is 5.75 Å². The van der Waals surface area contributed by atoms with Crippen molar-refractivity contribution in [3.05, 3.63) is 65.7 Å². The molecule has 0 radical (unpaired) electrons. The van der Waals surface area contributed by atoms with Crippen molar-refractivity contribution in [3.63, 3.8) is 0 Å². The summed E-state index contributed by atoms with van der Waals surface area (Å²) in [5, 5.41) is 18.7. The molecule has 0 aromatic heterocycles. The van der Waals surface area contributed by atoms with Crippen molar-refractivity contribution >= 4 is 12.0 Å². The zero-order chi connectivity index (χ0) is 16.2. The Kier molecular flexibility index (Phi) is 4.43. The number of nitrogens with zero attached hydrogens (tertiary/aromatic N) is 1. The van der Waals surface area contributed by atoms with Crippen LogP contribution in [-0.4, -0.2) is 33.9 Å². The van der Waals surface area contributed by atoms with Crippen LogP contribution in [-0.2, 0) is 6.54 Å². The first-order valence-electron chi connectivity index (χ1n) is 6.65. The fraction of sp³-hybridized carbons (Fsp3) is 0.125. The maximum Gasteiger partial charge on any atom is 0.538 e. The maximum atomic E-state index is 12.2.